The molecule has 0 spiro atoms. The highest BCUT2D eigenvalue weighted by Crippen LogP contribution is 2.20. The van der Waals surface area contributed by atoms with Crippen molar-refractivity contribution in [3.63, 3.8) is 0 Å². The van der Waals surface area contributed by atoms with E-state index in [1.54, 1.807) is 26.0 Å². The molecule has 0 heterocycles. The summed E-state index contributed by atoms with van der Waals surface area (Å²) >= 11 is 0. The molecular weight excluding hydrogens is 246 g/mol. The van der Waals surface area contributed by atoms with Gasteiger partial charge in [-0.2, -0.15) is 0 Å². The quantitative estimate of drug-likeness (QED) is 0.760. The third-order valence-electron chi connectivity index (χ3n) is 2.81. The Bertz CT molecular complexity index is 494. The number of hydrogen-bond donors (Lipinski definition) is 3. The first kappa shape index (κ1) is 15.0. The Kier molecular flexibility index (Phi) is 4.53. The van der Waals surface area contributed by atoms with E-state index in [9.17, 15) is 14.7 Å². The average Bonchev–Trinajstić information content (AvgIpc) is 2.29. The van der Waals surface area contributed by atoms with Crippen molar-refractivity contribution in [2.75, 3.05) is 0 Å². The van der Waals surface area contributed by atoms with Gasteiger partial charge in [-0.15, -0.1) is 0 Å². The number of aryl methyl sites for hydroxylation is 1. The van der Waals surface area contributed by atoms with Crippen molar-refractivity contribution in [2.45, 2.75) is 39.2 Å². The Morgan fingerprint density at radius 1 is 1.32 bits per heavy atom. The number of aromatic hydroxyl groups is 1. The molecule has 0 aliphatic heterocycles. The summed E-state index contributed by atoms with van der Waals surface area (Å²) in [7, 11) is 0. The fraction of sp³-hybridized carbons (Fsp3) is 0.429. The summed E-state index contributed by atoms with van der Waals surface area (Å²) in [6, 6.07) is 4.77. The largest absolute Gasteiger partial charge is 0.507 e. The molecule has 0 aromatic heterocycles. The first-order valence-electron chi connectivity index (χ1n) is 6.05. The molecule has 0 saturated carbocycles. The lowest BCUT2D eigenvalue weighted by Crippen LogP contribution is -2.43. The standard InChI is InChI=1S/C14H19NO4/c1-9-4-5-11(16)10(8-9)13(19)15-14(2,3)7-6-12(17)18/h4-5,8,16H,6-7H2,1-3H3,(H,15,19)(H,17,18). The van der Waals surface area contributed by atoms with Gasteiger partial charge in [-0.3, -0.25) is 9.59 Å². The number of carboxylic acid groups (broad SMARTS) is 1. The summed E-state index contributed by atoms with van der Waals surface area (Å²) in [5.41, 5.74) is 0.417. The molecule has 5 heteroatoms. The zero-order valence-electron chi connectivity index (χ0n) is 11.4. The van der Waals surface area contributed by atoms with Crippen molar-refractivity contribution in [2.24, 2.45) is 0 Å². The van der Waals surface area contributed by atoms with E-state index in [0.29, 0.717) is 6.42 Å². The number of carbonyl (C=O) groups excluding carboxylic acids is 1. The Balaban J connectivity index is 2.78. The Hall–Kier alpha value is -2.04. The minimum atomic E-state index is -0.902. The van der Waals surface area contributed by atoms with E-state index in [4.69, 9.17) is 5.11 Å². The van der Waals surface area contributed by atoms with Crippen molar-refractivity contribution in [3.05, 3.63) is 29.3 Å². The van der Waals surface area contributed by atoms with E-state index >= 15 is 0 Å². The van der Waals surface area contributed by atoms with Gasteiger partial charge in [-0.25, -0.2) is 0 Å². The number of aliphatic carboxylic acids is 1. The van der Waals surface area contributed by atoms with Crippen molar-refractivity contribution < 1.29 is 19.8 Å². The van der Waals surface area contributed by atoms with Crippen LogP contribution in [0.3, 0.4) is 0 Å². The topological polar surface area (TPSA) is 86.6 Å². The van der Waals surface area contributed by atoms with Crippen molar-refractivity contribution in [1.82, 2.24) is 5.32 Å². The van der Waals surface area contributed by atoms with Crippen LogP contribution >= 0.6 is 0 Å². The molecule has 0 saturated heterocycles. The van der Waals surface area contributed by atoms with Gasteiger partial charge in [-0.05, 0) is 39.3 Å². The molecule has 1 aromatic carbocycles. The first-order valence-corrected chi connectivity index (χ1v) is 6.05. The average molecular weight is 265 g/mol. The van der Waals surface area contributed by atoms with Gasteiger partial charge < -0.3 is 15.5 Å². The monoisotopic (exact) mass is 265 g/mol. The number of hydrogen-bond acceptors (Lipinski definition) is 3. The molecule has 0 bridgehead atoms. The second kappa shape index (κ2) is 5.73. The zero-order valence-corrected chi connectivity index (χ0v) is 11.4. The molecule has 0 radical (unpaired) electrons. The number of benzene rings is 1. The van der Waals surface area contributed by atoms with Crippen LogP contribution < -0.4 is 5.32 Å². The van der Waals surface area contributed by atoms with Crippen molar-refractivity contribution >= 4 is 11.9 Å². The van der Waals surface area contributed by atoms with Gasteiger partial charge in [0.25, 0.3) is 5.91 Å². The van der Waals surface area contributed by atoms with Crippen LogP contribution in [0.5, 0.6) is 5.75 Å². The number of nitrogens with one attached hydrogen (secondary N) is 1. The third kappa shape index (κ3) is 4.62. The molecule has 5 nitrogen and oxygen atoms in total. The molecule has 0 fully saturated rings. The smallest absolute Gasteiger partial charge is 0.303 e. The lowest BCUT2D eigenvalue weighted by atomic mass is 9.97. The fourth-order valence-corrected chi connectivity index (χ4v) is 1.69. The molecule has 0 aliphatic rings. The number of carbonyl (C=O) groups is 2. The number of carboxylic acids is 1. The van der Waals surface area contributed by atoms with Crippen LogP contribution in [0.15, 0.2) is 18.2 Å². The third-order valence-corrected chi connectivity index (χ3v) is 2.81. The zero-order chi connectivity index (χ0) is 14.6. The molecule has 104 valence electrons. The highest BCUT2D eigenvalue weighted by atomic mass is 16.4. The molecule has 0 unspecified atom stereocenters. The normalized spacial score (nSPS) is 11.1. The molecule has 1 aromatic rings. The van der Waals surface area contributed by atoms with Crippen molar-refractivity contribution in [3.8, 4) is 5.75 Å². The molecule has 3 N–H and O–H groups in total. The molecular formula is C14H19NO4. The summed E-state index contributed by atoms with van der Waals surface area (Å²) in [6.07, 6.45) is 0.299. The fourth-order valence-electron chi connectivity index (χ4n) is 1.69. The minimum absolute atomic E-state index is 0.0208. The van der Waals surface area contributed by atoms with Gasteiger partial charge in [0.05, 0.1) is 5.56 Å². The van der Waals surface area contributed by atoms with Crippen LogP contribution in [0.4, 0.5) is 0 Å². The van der Waals surface area contributed by atoms with Crippen molar-refractivity contribution in [1.29, 1.82) is 0 Å². The molecule has 0 aliphatic carbocycles. The molecule has 19 heavy (non-hydrogen) atoms. The summed E-state index contributed by atoms with van der Waals surface area (Å²) in [4.78, 5) is 22.6. The first-order chi connectivity index (χ1) is 8.71. The van der Waals surface area contributed by atoms with Gasteiger partial charge in [-0.1, -0.05) is 11.6 Å². The van der Waals surface area contributed by atoms with E-state index in [1.165, 1.54) is 6.07 Å². The predicted molar refractivity (Wildman–Crippen MR) is 71.3 cm³/mol. The number of phenolic OH excluding ortho intramolecular Hbond substituents is 1. The molecule has 1 amide bonds. The Morgan fingerprint density at radius 2 is 1.95 bits per heavy atom. The van der Waals surface area contributed by atoms with E-state index in [-0.39, 0.29) is 17.7 Å². The predicted octanol–water partition coefficient (Wildman–Crippen LogP) is 2.07. The second-order valence-electron chi connectivity index (χ2n) is 5.25. The van der Waals surface area contributed by atoms with Gasteiger partial charge in [0.15, 0.2) is 0 Å². The number of amides is 1. The van der Waals surface area contributed by atoms with E-state index < -0.39 is 17.4 Å². The van der Waals surface area contributed by atoms with Gasteiger partial charge in [0.1, 0.15) is 5.75 Å². The molecule has 1 rings (SSSR count). The summed E-state index contributed by atoms with van der Waals surface area (Å²) in [6.45, 7) is 5.33. The van der Waals surface area contributed by atoms with E-state index in [0.717, 1.165) is 5.56 Å². The maximum Gasteiger partial charge on any atom is 0.303 e. The van der Waals surface area contributed by atoms with Crippen LogP contribution in [0.2, 0.25) is 0 Å². The van der Waals surface area contributed by atoms with Crippen LogP contribution in [-0.4, -0.2) is 27.6 Å². The van der Waals surface area contributed by atoms with Crippen LogP contribution in [0.25, 0.3) is 0 Å². The van der Waals surface area contributed by atoms with Gasteiger partial charge >= 0.3 is 5.97 Å². The highest BCUT2D eigenvalue weighted by Gasteiger charge is 2.23. The SMILES string of the molecule is Cc1ccc(O)c(C(=O)NC(C)(C)CCC(=O)O)c1. The number of phenols is 1. The maximum absolute atomic E-state index is 12.1. The minimum Gasteiger partial charge on any atom is -0.507 e. The highest BCUT2D eigenvalue weighted by molar-refractivity contribution is 5.97. The Labute approximate surface area is 112 Å². The summed E-state index contributed by atoms with van der Waals surface area (Å²) < 4.78 is 0. The van der Waals surface area contributed by atoms with E-state index in [1.807, 2.05) is 6.92 Å². The number of rotatable bonds is 5. The Morgan fingerprint density at radius 3 is 2.53 bits per heavy atom. The summed E-state index contributed by atoms with van der Waals surface area (Å²) in [5, 5.41) is 21.1. The van der Waals surface area contributed by atoms with Gasteiger partial charge in [0, 0.05) is 12.0 Å². The molecule has 0 atom stereocenters. The van der Waals surface area contributed by atoms with Crippen LogP contribution in [0.1, 0.15) is 42.6 Å². The maximum atomic E-state index is 12.1. The lowest BCUT2D eigenvalue weighted by Gasteiger charge is -2.25. The van der Waals surface area contributed by atoms with Crippen LogP contribution in [0, 0.1) is 6.92 Å². The van der Waals surface area contributed by atoms with Crippen LogP contribution in [-0.2, 0) is 4.79 Å². The second-order valence-corrected chi connectivity index (χ2v) is 5.25. The summed E-state index contributed by atoms with van der Waals surface area (Å²) in [5.74, 6) is -1.39. The van der Waals surface area contributed by atoms with E-state index in [2.05, 4.69) is 5.32 Å². The van der Waals surface area contributed by atoms with Gasteiger partial charge in [0.2, 0.25) is 0 Å². The lowest BCUT2D eigenvalue weighted by molar-refractivity contribution is -0.137.